The molecule has 2 aliphatic rings. The highest BCUT2D eigenvalue weighted by atomic mass is 32.2. The molecule has 0 radical (unpaired) electrons. The maximum Gasteiger partial charge on any atom is 0.407 e. The van der Waals surface area contributed by atoms with E-state index in [0.717, 1.165) is 16.4 Å². The van der Waals surface area contributed by atoms with Crippen LogP contribution in [-0.2, 0) is 35.2 Å². The number of tetrazole rings is 1. The summed E-state index contributed by atoms with van der Waals surface area (Å²) in [5.41, 5.74) is 4.33. The molecular formula is C28H40N12O9S3. The third kappa shape index (κ3) is 11.1. The second-order valence-electron chi connectivity index (χ2n) is 13.0. The number of rotatable bonds is 15. The van der Waals surface area contributed by atoms with Gasteiger partial charge in [0.15, 0.2) is 5.13 Å². The Balaban J connectivity index is 1.35. The lowest BCUT2D eigenvalue weighted by Gasteiger charge is -2.49. The van der Waals surface area contributed by atoms with Crippen LogP contribution in [0.2, 0.25) is 0 Å². The van der Waals surface area contributed by atoms with E-state index in [-0.39, 0.29) is 60.1 Å². The van der Waals surface area contributed by atoms with Gasteiger partial charge in [0, 0.05) is 42.5 Å². The highest BCUT2D eigenvalue weighted by Crippen LogP contribution is 2.41. The first kappa shape index (κ1) is 40.1. The number of oxime groups is 1. The second-order valence-corrected chi connectivity index (χ2v) is 15.9. The molecule has 21 nitrogen and oxygen atoms in total. The minimum absolute atomic E-state index is 0.00368. The Morgan fingerprint density at radius 3 is 2.37 bits per heavy atom. The average molecular weight is 785 g/mol. The van der Waals surface area contributed by atoms with Gasteiger partial charge in [0.2, 0.25) is 16.7 Å². The summed E-state index contributed by atoms with van der Waals surface area (Å²) >= 11 is 3.27. The first-order valence-corrected chi connectivity index (χ1v) is 18.6. The number of amides is 4. The fraction of sp³-hybridized carbons (Fsp3) is 0.607. The maximum absolute atomic E-state index is 13.4. The molecule has 0 aromatic carbocycles. The number of hydrogen-bond acceptors (Lipinski definition) is 18. The topological polar surface area (TPSA) is 280 Å². The first-order chi connectivity index (χ1) is 24.4. The number of alkyl carbamates (subject to hydrolysis) is 2. The monoisotopic (exact) mass is 784 g/mol. The van der Waals surface area contributed by atoms with Crippen LogP contribution in [0.25, 0.3) is 0 Å². The minimum atomic E-state index is -1.31. The molecule has 2 aromatic rings. The zero-order valence-corrected chi connectivity index (χ0v) is 31.6. The van der Waals surface area contributed by atoms with Crippen LogP contribution in [0.5, 0.6) is 0 Å². The Labute approximate surface area is 310 Å². The highest BCUT2D eigenvalue weighted by molar-refractivity contribution is 8.01. The highest BCUT2D eigenvalue weighted by Gasteiger charge is 2.54. The SMILES string of the molecule is CC(C)(C)OC(=O)NCCCON=C(C(=O)NC1C(=O)N2C(C(=O)O)=C(CSc3nnnn3CCNC(=O)OC(C)(C)C)CS[C@@H]12)c1nsc(N)n1. The lowest BCUT2D eigenvalue weighted by atomic mass is 10.0. The summed E-state index contributed by atoms with van der Waals surface area (Å²) < 4.78 is 15.9. The van der Waals surface area contributed by atoms with E-state index in [1.165, 1.54) is 28.2 Å². The molecule has 52 heavy (non-hydrogen) atoms. The van der Waals surface area contributed by atoms with Crippen molar-refractivity contribution in [2.75, 3.05) is 36.9 Å². The van der Waals surface area contributed by atoms with E-state index in [4.69, 9.17) is 20.0 Å². The van der Waals surface area contributed by atoms with Gasteiger partial charge in [0.1, 0.15) is 34.9 Å². The van der Waals surface area contributed by atoms with Crippen molar-refractivity contribution in [3.63, 3.8) is 0 Å². The van der Waals surface area contributed by atoms with Gasteiger partial charge in [-0.1, -0.05) is 16.9 Å². The summed E-state index contributed by atoms with van der Waals surface area (Å²) in [5, 5.41) is 33.1. The number of β-lactam (4-membered cyclic amide) rings is 1. The number of nitrogen functional groups attached to an aromatic ring is 1. The van der Waals surface area contributed by atoms with Gasteiger partial charge in [-0.05, 0) is 57.5 Å². The van der Waals surface area contributed by atoms with Crippen LogP contribution in [0.4, 0.5) is 14.7 Å². The molecule has 1 fully saturated rings. The second kappa shape index (κ2) is 17.2. The third-order valence-corrected chi connectivity index (χ3v) is 9.43. The Morgan fingerprint density at radius 2 is 1.75 bits per heavy atom. The Hall–Kier alpha value is -4.71. The van der Waals surface area contributed by atoms with Crippen LogP contribution < -0.4 is 21.7 Å². The number of thioether (sulfide) groups is 2. The summed E-state index contributed by atoms with van der Waals surface area (Å²) in [6.07, 6.45) is -0.853. The van der Waals surface area contributed by atoms with Crippen molar-refractivity contribution in [1.82, 2.24) is 50.4 Å². The molecule has 4 rings (SSSR count). The first-order valence-electron chi connectivity index (χ1n) is 15.8. The van der Waals surface area contributed by atoms with Crippen LogP contribution in [0.15, 0.2) is 21.6 Å². The molecule has 0 aliphatic carbocycles. The fourth-order valence-electron chi connectivity index (χ4n) is 4.44. The standard InChI is InChI=1S/C28H40N12O9S3/c1-27(2,3)48-25(45)30-8-7-11-47-35-15(18-33-23(29)52-36-18)19(41)32-16-20(42)40-17(22(43)44)14(12-50-21(16)40)13-51-24-34-37-38-39(24)10-9-31-26(46)49-28(4,5)6/h16,21H,7-13H2,1-6H3,(H,30,45)(H,31,46)(H,32,41)(H,43,44)(H2,29,33,36)/t16?,21-/m0/s1. The van der Waals surface area contributed by atoms with Gasteiger partial charge in [0.05, 0.1) is 6.54 Å². The van der Waals surface area contributed by atoms with Crippen molar-refractivity contribution in [2.24, 2.45) is 5.16 Å². The number of aliphatic carboxylic acids is 1. The normalized spacial score (nSPS) is 17.5. The van der Waals surface area contributed by atoms with Gasteiger partial charge >= 0.3 is 18.2 Å². The lowest BCUT2D eigenvalue weighted by Crippen LogP contribution is -2.71. The van der Waals surface area contributed by atoms with Crippen LogP contribution in [-0.4, -0.2) is 129 Å². The molecule has 1 saturated heterocycles. The number of ether oxygens (including phenoxy) is 2. The molecule has 2 atom stereocenters. The summed E-state index contributed by atoms with van der Waals surface area (Å²) in [7, 11) is 0. The van der Waals surface area contributed by atoms with Crippen LogP contribution >= 0.6 is 35.1 Å². The van der Waals surface area contributed by atoms with E-state index in [0.29, 0.717) is 17.2 Å². The summed E-state index contributed by atoms with van der Waals surface area (Å²) in [6, 6.07) is -1.08. The van der Waals surface area contributed by atoms with E-state index < -0.39 is 52.6 Å². The molecule has 1 unspecified atom stereocenters. The predicted octanol–water partition coefficient (Wildman–Crippen LogP) is 0.798. The van der Waals surface area contributed by atoms with Crippen LogP contribution in [0, 0.1) is 0 Å². The number of hydrogen-bond donors (Lipinski definition) is 5. The Kier molecular flexibility index (Phi) is 13.3. The summed E-state index contributed by atoms with van der Waals surface area (Å²) in [4.78, 5) is 73.3. The molecule has 0 saturated carbocycles. The smallest absolute Gasteiger partial charge is 0.407 e. The van der Waals surface area contributed by atoms with Crippen molar-refractivity contribution in [2.45, 2.75) is 82.3 Å². The van der Waals surface area contributed by atoms with Crippen molar-refractivity contribution in [3.05, 3.63) is 17.1 Å². The number of carboxylic acids is 1. The number of fused-ring (bicyclic) bond motifs is 1. The number of aromatic nitrogens is 6. The van der Waals surface area contributed by atoms with E-state index in [2.05, 4.69) is 46.0 Å². The van der Waals surface area contributed by atoms with Crippen molar-refractivity contribution >= 4 is 75.9 Å². The molecule has 2 aliphatic heterocycles. The van der Waals surface area contributed by atoms with Gasteiger partial charge in [0.25, 0.3) is 11.8 Å². The predicted molar refractivity (Wildman–Crippen MR) is 188 cm³/mol. The van der Waals surface area contributed by atoms with Crippen molar-refractivity contribution in [1.29, 1.82) is 0 Å². The lowest BCUT2D eigenvalue weighted by molar-refractivity contribution is -0.150. The molecule has 2 aromatic heterocycles. The Bertz CT molecular complexity index is 1720. The quantitative estimate of drug-likeness (QED) is 0.0549. The van der Waals surface area contributed by atoms with E-state index in [1.54, 1.807) is 41.5 Å². The van der Waals surface area contributed by atoms with Crippen LogP contribution in [0.3, 0.4) is 0 Å². The molecule has 24 heteroatoms. The molecule has 284 valence electrons. The fourth-order valence-corrected chi connectivity index (χ4v) is 7.26. The number of carbonyl (C=O) groups excluding carboxylic acids is 4. The number of anilines is 1. The number of carboxylic acid groups (broad SMARTS) is 1. The molecule has 4 amide bonds. The molecule has 0 bridgehead atoms. The number of nitrogens with one attached hydrogen (secondary N) is 3. The summed E-state index contributed by atoms with van der Waals surface area (Å²) in [6.45, 7) is 11.1. The van der Waals surface area contributed by atoms with Crippen molar-refractivity contribution < 1.29 is 43.4 Å². The van der Waals surface area contributed by atoms with Gasteiger partial charge < -0.3 is 41.1 Å². The van der Waals surface area contributed by atoms with Gasteiger partial charge in [-0.2, -0.15) is 9.36 Å². The number of nitrogens with zero attached hydrogens (tertiary/aromatic N) is 8. The minimum Gasteiger partial charge on any atom is -0.477 e. The molecule has 0 spiro atoms. The zero-order valence-electron chi connectivity index (χ0n) is 29.2. The molecule has 6 N–H and O–H groups in total. The average Bonchev–Trinajstić information content (AvgIpc) is 3.68. The molecule has 4 heterocycles. The van der Waals surface area contributed by atoms with E-state index in [9.17, 15) is 29.1 Å². The third-order valence-electron chi connectivity index (χ3n) is 6.51. The van der Waals surface area contributed by atoms with Gasteiger partial charge in [-0.15, -0.1) is 16.9 Å². The number of nitrogens with two attached hydrogens (primary N) is 1. The van der Waals surface area contributed by atoms with E-state index in [1.807, 2.05) is 0 Å². The van der Waals surface area contributed by atoms with Crippen LogP contribution in [0.1, 0.15) is 53.8 Å². The van der Waals surface area contributed by atoms with Crippen molar-refractivity contribution in [3.8, 4) is 0 Å². The summed E-state index contributed by atoms with van der Waals surface area (Å²) in [5.74, 6) is -2.51. The molecular weight excluding hydrogens is 745 g/mol. The van der Waals surface area contributed by atoms with Gasteiger partial charge in [-0.25, -0.2) is 19.1 Å². The van der Waals surface area contributed by atoms with E-state index >= 15 is 0 Å². The van der Waals surface area contributed by atoms with Gasteiger partial charge in [-0.3, -0.25) is 14.5 Å². The maximum atomic E-state index is 13.4. The number of carbonyl (C=O) groups is 5. The Morgan fingerprint density at radius 1 is 1.08 bits per heavy atom. The largest absolute Gasteiger partial charge is 0.477 e. The zero-order chi connectivity index (χ0) is 38.2.